The first kappa shape index (κ1) is 12.7. The predicted octanol–water partition coefficient (Wildman–Crippen LogP) is 1.86. The Morgan fingerprint density at radius 3 is 2.71 bits per heavy atom. The van der Waals surface area contributed by atoms with Gasteiger partial charge in [-0.25, -0.2) is 0 Å². The molecule has 2 amide bonds. The first-order valence-electron chi connectivity index (χ1n) is 5.13. The molecule has 4 heteroatoms. The lowest BCUT2D eigenvalue weighted by atomic mass is 10.2. The largest absolute Gasteiger partial charge is 0.366 e. The number of amides is 2. The van der Waals surface area contributed by atoms with Crippen molar-refractivity contribution >= 4 is 17.5 Å². The van der Waals surface area contributed by atoms with Crippen LogP contribution < -0.4 is 11.1 Å². The minimum Gasteiger partial charge on any atom is -0.366 e. The van der Waals surface area contributed by atoms with Crippen molar-refractivity contribution in [2.45, 2.75) is 6.92 Å². The molecular formula is C13H14N2O2. The van der Waals surface area contributed by atoms with E-state index in [1.165, 1.54) is 12.1 Å². The van der Waals surface area contributed by atoms with Crippen molar-refractivity contribution in [1.82, 2.24) is 0 Å². The van der Waals surface area contributed by atoms with E-state index in [1.54, 1.807) is 30.4 Å². The average molecular weight is 230 g/mol. The van der Waals surface area contributed by atoms with Crippen molar-refractivity contribution in [2.24, 2.45) is 5.73 Å². The van der Waals surface area contributed by atoms with Crippen molar-refractivity contribution in [3.05, 3.63) is 54.1 Å². The van der Waals surface area contributed by atoms with E-state index in [1.807, 2.05) is 13.0 Å². The summed E-state index contributed by atoms with van der Waals surface area (Å²) in [4.78, 5) is 22.4. The molecule has 0 aliphatic carbocycles. The molecule has 1 aromatic rings. The molecule has 17 heavy (non-hydrogen) atoms. The quantitative estimate of drug-likeness (QED) is 0.612. The van der Waals surface area contributed by atoms with Gasteiger partial charge >= 0.3 is 0 Å². The molecule has 0 aliphatic rings. The minimum absolute atomic E-state index is 0.260. The predicted molar refractivity (Wildman–Crippen MR) is 67.5 cm³/mol. The third-order valence-corrected chi connectivity index (χ3v) is 1.97. The van der Waals surface area contributed by atoms with Crippen LogP contribution in [-0.4, -0.2) is 11.8 Å². The molecule has 0 aromatic heterocycles. The number of hydrogen-bond acceptors (Lipinski definition) is 2. The molecule has 0 bridgehead atoms. The van der Waals surface area contributed by atoms with Crippen molar-refractivity contribution < 1.29 is 9.59 Å². The van der Waals surface area contributed by atoms with Crippen LogP contribution in [-0.2, 0) is 4.79 Å². The van der Waals surface area contributed by atoms with Crippen LogP contribution in [0.2, 0.25) is 0 Å². The van der Waals surface area contributed by atoms with Gasteiger partial charge in [-0.15, -0.1) is 0 Å². The van der Waals surface area contributed by atoms with Gasteiger partial charge in [-0.05, 0) is 25.1 Å². The van der Waals surface area contributed by atoms with Crippen molar-refractivity contribution in [1.29, 1.82) is 0 Å². The molecule has 0 spiro atoms. The van der Waals surface area contributed by atoms with Gasteiger partial charge in [0, 0.05) is 17.3 Å². The van der Waals surface area contributed by atoms with Crippen LogP contribution >= 0.6 is 0 Å². The zero-order valence-corrected chi connectivity index (χ0v) is 9.51. The summed E-state index contributed by atoms with van der Waals surface area (Å²) in [6.07, 6.45) is 6.60. The van der Waals surface area contributed by atoms with Gasteiger partial charge in [0.25, 0.3) is 0 Å². The molecule has 1 aromatic carbocycles. The molecule has 3 N–H and O–H groups in total. The number of carbonyl (C=O) groups is 2. The van der Waals surface area contributed by atoms with Crippen LogP contribution in [0.5, 0.6) is 0 Å². The Bertz CT molecular complexity index is 476. The van der Waals surface area contributed by atoms with E-state index < -0.39 is 5.91 Å². The fourth-order valence-electron chi connectivity index (χ4n) is 1.19. The Morgan fingerprint density at radius 2 is 2.06 bits per heavy atom. The molecule has 0 saturated heterocycles. The molecule has 0 atom stereocenters. The van der Waals surface area contributed by atoms with Gasteiger partial charge in [-0.2, -0.15) is 0 Å². The van der Waals surface area contributed by atoms with E-state index in [0.29, 0.717) is 11.3 Å². The number of hydrogen-bond donors (Lipinski definition) is 2. The summed E-state index contributed by atoms with van der Waals surface area (Å²) < 4.78 is 0. The molecule has 0 aliphatic heterocycles. The molecule has 0 radical (unpaired) electrons. The third kappa shape index (κ3) is 4.34. The van der Waals surface area contributed by atoms with Gasteiger partial charge < -0.3 is 11.1 Å². The van der Waals surface area contributed by atoms with E-state index in [0.717, 1.165) is 0 Å². The lowest BCUT2D eigenvalue weighted by molar-refractivity contribution is -0.111. The van der Waals surface area contributed by atoms with E-state index in [4.69, 9.17) is 5.73 Å². The summed E-state index contributed by atoms with van der Waals surface area (Å²) in [5.74, 6) is -0.782. The summed E-state index contributed by atoms with van der Waals surface area (Å²) >= 11 is 0. The van der Waals surface area contributed by atoms with Crippen molar-refractivity contribution in [3.63, 3.8) is 0 Å². The van der Waals surface area contributed by atoms with Crippen LogP contribution in [0.4, 0.5) is 5.69 Å². The molecule has 0 saturated carbocycles. The van der Waals surface area contributed by atoms with Crippen LogP contribution in [0.25, 0.3) is 0 Å². The number of nitrogens with one attached hydrogen (secondary N) is 1. The minimum atomic E-state index is -0.523. The number of allylic oxidation sites excluding steroid dienone is 3. The summed E-state index contributed by atoms with van der Waals surface area (Å²) in [6.45, 7) is 1.86. The van der Waals surface area contributed by atoms with Crippen molar-refractivity contribution in [3.8, 4) is 0 Å². The Morgan fingerprint density at radius 1 is 1.29 bits per heavy atom. The van der Waals surface area contributed by atoms with Gasteiger partial charge in [0.15, 0.2) is 0 Å². The zero-order chi connectivity index (χ0) is 12.7. The Hall–Kier alpha value is -2.36. The summed E-state index contributed by atoms with van der Waals surface area (Å²) in [5.41, 5.74) is 6.04. The van der Waals surface area contributed by atoms with Crippen LogP contribution in [0.1, 0.15) is 17.3 Å². The fraction of sp³-hybridized carbons (Fsp3) is 0.0769. The number of primary amides is 1. The lowest BCUT2D eigenvalue weighted by Crippen LogP contribution is -2.12. The highest BCUT2D eigenvalue weighted by Crippen LogP contribution is 2.10. The fourth-order valence-corrected chi connectivity index (χ4v) is 1.19. The highest BCUT2D eigenvalue weighted by atomic mass is 16.1. The van der Waals surface area contributed by atoms with Gasteiger partial charge in [-0.3, -0.25) is 9.59 Å². The molecule has 1 rings (SSSR count). The first-order valence-corrected chi connectivity index (χ1v) is 5.13. The molecular weight excluding hydrogens is 216 g/mol. The monoisotopic (exact) mass is 230 g/mol. The molecule has 0 unspecified atom stereocenters. The highest BCUT2D eigenvalue weighted by Gasteiger charge is 2.02. The van der Waals surface area contributed by atoms with E-state index in [9.17, 15) is 9.59 Å². The maximum absolute atomic E-state index is 11.4. The van der Waals surface area contributed by atoms with Crippen LogP contribution in [0.3, 0.4) is 0 Å². The van der Waals surface area contributed by atoms with E-state index in [2.05, 4.69) is 5.32 Å². The molecule has 0 fully saturated rings. The summed E-state index contributed by atoms with van der Waals surface area (Å²) in [7, 11) is 0. The number of nitrogens with two attached hydrogens (primary N) is 1. The van der Waals surface area contributed by atoms with E-state index in [-0.39, 0.29) is 5.91 Å². The average Bonchev–Trinajstić information content (AvgIpc) is 2.29. The number of rotatable bonds is 4. The Labute approximate surface area is 99.8 Å². The van der Waals surface area contributed by atoms with Crippen LogP contribution in [0.15, 0.2) is 48.6 Å². The summed E-state index contributed by atoms with van der Waals surface area (Å²) in [5, 5.41) is 2.63. The summed E-state index contributed by atoms with van der Waals surface area (Å²) in [6, 6.07) is 6.47. The topological polar surface area (TPSA) is 72.2 Å². The second-order valence-electron chi connectivity index (χ2n) is 3.32. The maximum atomic E-state index is 11.4. The van der Waals surface area contributed by atoms with E-state index >= 15 is 0 Å². The number of carbonyl (C=O) groups excluding carboxylic acids is 2. The second-order valence-corrected chi connectivity index (χ2v) is 3.32. The third-order valence-electron chi connectivity index (χ3n) is 1.97. The Balaban J connectivity index is 2.71. The molecule has 88 valence electrons. The zero-order valence-electron chi connectivity index (χ0n) is 9.51. The second kappa shape index (κ2) is 6.27. The SMILES string of the molecule is CC=CC=CC(=O)Nc1cccc(C(N)=O)c1. The normalized spacial score (nSPS) is 10.9. The smallest absolute Gasteiger partial charge is 0.248 e. The lowest BCUT2D eigenvalue weighted by Gasteiger charge is -2.03. The highest BCUT2D eigenvalue weighted by molar-refractivity contribution is 6.00. The van der Waals surface area contributed by atoms with Gasteiger partial charge in [-0.1, -0.05) is 24.3 Å². The maximum Gasteiger partial charge on any atom is 0.248 e. The molecule has 4 nitrogen and oxygen atoms in total. The Kier molecular flexibility index (Phi) is 4.69. The van der Waals surface area contributed by atoms with Crippen LogP contribution in [0, 0.1) is 0 Å². The van der Waals surface area contributed by atoms with Gasteiger partial charge in [0.1, 0.15) is 0 Å². The number of benzene rings is 1. The van der Waals surface area contributed by atoms with Crippen molar-refractivity contribution in [2.75, 3.05) is 5.32 Å². The van der Waals surface area contributed by atoms with Gasteiger partial charge in [0.2, 0.25) is 11.8 Å². The standard InChI is InChI=1S/C13H14N2O2/c1-2-3-4-8-12(16)15-11-7-5-6-10(9-11)13(14)17/h2-9H,1H3,(H2,14,17)(H,15,16). The first-order chi connectivity index (χ1) is 8.13. The molecule has 0 heterocycles. The van der Waals surface area contributed by atoms with Gasteiger partial charge in [0.05, 0.1) is 0 Å². The number of anilines is 1.